The number of hydrogen-bond donors (Lipinski definition) is 2. The summed E-state index contributed by atoms with van der Waals surface area (Å²) in [6.45, 7) is 2.76. The summed E-state index contributed by atoms with van der Waals surface area (Å²) in [6, 6.07) is 4.56. The maximum atomic E-state index is 11.4. The largest absolute Gasteiger partial charge is 0.483 e. The van der Waals surface area contributed by atoms with Crippen molar-refractivity contribution in [3.8, 4) is 17.2 Å². The van der Waals surface area contributed by atoms with Crippen molar-refractivity contribution in [2.24, 2.45) is 0 Å². The van der Waals surface area contributed by atoms with Gasteiger partial charge in [0.2, 0.25) is 18.3 Å². The monoisotopic (exact) mass is 308 g/mol. The Balaban J connectivity index is 2.03. The topological polar surface area (TPSA) is 98.4 Å². The number of aliphatic hydroxyl groups excluding tert-OH is 1. The molecule has 0 saturated carbocycles. The summed E-state index contributed by atoms with van der Waals surface area (Å²) >= 11 is 0. The average molecular weight is 308 g/mol. The maximum absolute atomic E-state index is 11.4. The zero-order valence-electron chi connectivity index (χ0n) is 12.2. The van der Waals surface area contributed by atoms with Crippen LogP contribution >= 0.6 is 0 Å². The third-order valence-electron chi connectivity index (χ3n) is 3.41. The Bertz CT molecular complexity index is 757. The molecule has 3 rings (SSSR count). The van der Waals surface area contributed by atoms with Crippen molar-refractivity contribution in [1.82, 2.24) is 0 Å². The Morgan fingerprint density at radius 3 is 2.86 bits per heavy atom. The molecule has 0 bridgehead atoms. The molecule has 118 valence electrons. The van der Waals surface area contributed by atoms with Crippen LogP contribution in [0.5, 0.6) is 17.2 Å². The van der Waals surface area contributed by atoms with Crippen molar-refractivity contribution in [3.63, 3.8) is 0 Å². The zero-order chi connectivity index (χ0) is 15.9. The van der Waals surface area contributed by atoms with Gasteiger partial charge in [0, 0.05) is 11.5 Å². The highest BCUT2D eigenvalue weighted by atomic mass is 16.7. The van der Waals surface area contributed by atoms with Crippen LogP contribution in [0, 0.1) is 0 Å². The Labute approximate surface area is 125 Å². The van der Waals surface area contributed by atoms with Gasteiger partial charge in [-0.1, -0.05) is 0 Å². The Kier molecular flexibility index (Phi) is 3.46. The molecule has 7 nitrogen and oxygen atoms in total. The van der Waals surface area contributed by atoms with Crippen LogP contribution < -0.4 is 19.8 Å². The van der Waals surface area contributed by atoms with Crippen LogP contribution in [0.15, 0.2) is 27.4 Å². The predicted molar refractivity (Wildman–Crippen MR) is 76.4 cm³/mol. The van der Waals surface area contributed by atoms with Crippen molar-refractivity contribution in [1.29, 1.82) is 0 Å². The molecule has 1 aromatic heterocycles. The van der Waals surface area contributed by atoms with E-state index in [0.29, 0.717) is 16.9 Å². The smallest absolute Gasteiger partial charge is 0.336 e. The summed E-state index contributed by atoms with van der Waals surface area (Å²) in [5.74, 6) is 0.949. The van der Waals surface area contributed by atoms with Crippen LogP contribution in [0.25, 0.3) is 11.0 Å². The lowest BCUT2D eigenvalue weighted by molar-refractivity contribution is -0.0663. The molecular formula is C15H16O7. The summed E-state index contributed by atoms with van der Waals surface area (Å²) in [4.78, 5) is 11.4. The highest BCUT2D eigenvalue weighted by molar-refractivity contribution is 5.88. The molecule has 2 heterocycles. The van der Waals surface area contributed by atoms with Crippen molar-refractivity contribution in [3.05, 3.63) is 28.6 Å². The van der Waals surface area contributed by atoms with Gasteiger partial charge in [-0.15, -0.1) is 0 Å². The van der Waals surface area contributed by atoms with Gasteiger partial charge in [0.05, 0.1) is 5.60 Å². The van der Waals surface area contributed by atoms with Gasteiger partial charge in [0.15, 0.2) is 11.3 Å². The molecule has 0 radical (unpaired) electrons. The number of fused-ring (bicyclic) bond motifs is 2. The fourth-order valence-electron chi connectivity index (χ4n) is 2.03. The first kappa shape index (κ1) is 14.7. The van der Waals surface area contributed by atoms with E-state index in [1.807, 2.05) is 0 Å². The fraction of sp³-hybridized carbons (Fsp3) is 0.400. The lowest BCUT2D eigenvalue weighted by atomic mass is 10.0. The van der Waals surface area contributed by atoms with Gasteiger partial charge < -0.3 is 28.8 Å². The molecule has 0 spiro atoms. The SMILES string of the molecule is CC(C)(O)[C@H](O)COc1c2c(cc3ccc(=O)oc13)OCO2. The van der Waals surface area contributed by atoms with Gasteiger partial charge in [-0.2, -0.15) is 0 Å². The molecular weight excluding hydrogens is 292 g/mol. The van der Waals surface area contributed by atoms with Crippen LogP contribution in [-0.2, 0) is 0 Å². The first-order valence-electron chi connectivity index (χ1n) is 6.76. The van der Waals surface area contributed by atoms with Crippen molar-refractivity contribution < 1.29 is 28.8 Å². The number of hydrogen-bond acceptors (Lipinski definition) is 7. The molecule has 0 amide bonds. The third-order valence-corrected chi connectivity index (χ3v) is 3.41. The van der Waals surface area contributed by atoms with E-state index in [1.54, 1.807) is 12.1 Å². The van der Waals surface area contributed by atoms with Crippen LogP contribution in [-0.4, -0.2) is 35.3 Å². The average Bonchev–Trinajstić information content (AvgIpc) is 2.90. The van der Waals surface area contributed by atoms with E-state index >= 15 is 0 Å². The van der Waals surface area contributed by atoms with Gasteiger partial charge >= 0.3 is 5.63 Å². The van der Waals surface area contributed by atoms with Gasteiger partial charge in [-0.05, 0) is 26.0 Å². The molecule has 1 aliphatic rings. The van der Waals surface area contributed by atoms with Gasteiger partial charge in [-0.25, -0.2) is 4.79 Å². The molecule has 1 atom stereocenters. The number of rotatable bonds is 4. The van der Waals surface area contributed by atoms with E-state index < -0.39 is 17.3 Å². The third kappa shape index (κ3) is 2.60. The predicted octanol–water partition coefficient (Wildman–Crippen LogP) is 1.03. The van der Waals surface area contributed by atoms with Gasteiger partial charge in [0.25, 0.3) is 0 Å². The fourth-order valence-corrected chi connectivity index (χ4v) is 2.03. The summed E-state index contributed by atoms with van der Waals surface area (Å²) in [5, 5.41) is 20.2. The van der Waals surface area contributed by atoms with Crippen LogP contribution in [0.1, 0.15) is 13.8 Å². The minimum Gasteiger partial charge on any atom is -0.483 e. The summed E-state index contributed by atoms with van der Waals surface area (Å²) in [5.41, 5.74) is -1.65. The number of benzene rings is 1. The highest BCUT2D eigenvalue weighted by Crippen LogP contribution is 2.46. The van der Waals surface area contributed by atoms with E-state index in [0.717, 1.165) is 0 Å². The lowest BCUT2D eigenvalue weighted by Crippen LogP contribution is -2.40. The Morgan fingerprint density at radius 1 is 1.36 bits per heavy atom. The molecule has 2 aromatic rings. The lowest BCUT2D eigenvalue weighted by Gasteiger charge is -2.24. The Morgan fingerprint density at radius 2 is 2.14 bits per heavy atom. The molecule has 0 fully saturated rings. The minimum atomic E-state index is -1.33. The van der Waals surface area contributed by atoms with Gasteiger partial charge in [0.1, 0.15) is 12.7 Å². The van der Waals surface area contributed by atoms with Crippen LogP contribution in [0.4, 0.5) is 0 Å². The second-order valence-corrected chi connectivity index (χ2v) is 5.59. The first-order chi connectivity index (χ1) is 10.4. The summed E-state index contributed by atoms with van der Waals surface area (Å²) in [6.07, 6.45) is -1.13. The highest BCUT2D eigenvalue weighted by Gasteiger charge is 2.28. The van der Waals surface area contributed by atoms with Crippen molar-refractivity contribution in [2.75, 3.05) is 13.4 Å². The molecule has 0 saturated heterocycles. The maximum Gasteiger partial charge on any atom is 0.336 e. The zero-order valence-corrected chi connectivity index (χ0v) is 12.2. The molecule has 22 heavy (non-hydrogen) atoms. The molecule has 0 unspecified atom stereocenters. The first-order valence-corrected chi connectivity index (χ1v) is 6.76. The second kappa shape index (κ2) is 5.19. The molecule has 0 aliphatic carbocycles. The second-order valence-electron chi connectivity index (χ2n) is 5.59. The van der Waals surface area contributed by atoms with Crippen molar-refractivity contribution in [2.45, 2.75) is 25.6 Å². The van der Waals surface area contributed by atoms with Gasteiger partial charge in [-0.3, -0.25) is 0 Å². The number of ether oxygens (including phenoxy) is 3. The quantitative estimate of drug-likeness (QED) is 0.814. The number of aliphatic hydroxyl groups is 2. The van der Waals surface area contributed by atoms with Crippen molar-refractivity contribution >= 4 is 11.0 Å². The van der Waals surface area contributed by atoms with Crippen LogP contribution in [0.3, 0.4) is 0 Å². The van der Waals surface area contributed by atoms with E-state index in [4.69, 9.17) is 18.6 Å². The molecule has 2 N–H and O–H groups in total. The normalized spacial score (nSPS) is 15.1. The summed E-state index contributed by atoms with van der Waals surface area (Å²) < 4.78 is 21.4. The van der Waals surface area contributed by atoms with E-state index in [9.17, 15) is 15.0 Å². The molecule has 7 heteroatoms. The molecule has 1 aliphatic heterocycles. The summed E-state index contributed by atoms with van der Waals surface area (Å²) in [7, 11) is 0. The van der Waals surface area contributed by atoms with E-state index in [-0.39, 0.29) is 24.7 Å². The van der Waals surface area contributed by atoms with Crippen LogP contribution in [0.2, 0.25) is 0 Å². The van der Waals surface area contributed by atoms with E-state index in [1.165, 1.54) is 19.9 Å². The van der Waals surface area contributed by atoms with E-state index in [2.05, 4.69) is 0 Å². The standard InChI is InChI=1S/C15H16O7/c1-15(2,18)10(16)6-19-14-12-8(3-4-11(17)22-12)5-9-13(14)21-7-20-9/h3-5,10,16,18H,6-7H2,1-2H3/t10-/m1/s1. The molecule has 1 aromatic carbocycles. The minimum absolute atomic E-state index is 0.0281. The Hall–Kier alpha value is -2.25.